The number of hydrogen-bond donors (Lipinski definition) is 1. The van der Waals surface area contributed by atoms with Crippen LogP contribution >= 0.6 is 11.6 Å². The molecule has 4 aromatic rings. The Morgan fingerprint density at radius 3 is 2.39 bits per heavy atom. The van der Waals surface area contributed by atoms with Crippen molar-refractivity contribution in [1.29, 1.82) is 0 Å². The first-order valence-electron chi connectivity index (χ1n) is 12.7. The van der Waals surface area contributed by atoms with E-state index in [2.05, 4.69) is 10.5 Å². The zero-order chi connectivity index (χ0) is 29.4. The number of rotatable bonds is 11. The lowest BCUT2D eigenvalue weighted by atomic mass is 10.2. The molecule has 0 saturated carbocycles. The van der Waals surface area contributed by atoms with Crippen molar-refractivity contribution in [1.82, 2.24) is 5.43 Å². The maximum absolute atomic E-state index is 13.6. The fraction of sp³-hybridized carbons (Fsp3) is 0.161. The van der Waals surface area contributed by atoms with Gasteiger partial charge in [-0.15, -0.1) is 0 Å². The third-order valence-corrected chi connectivity index (χ3v) is 8.17. The molecule has 0 spiro atoms. The summed E-state index contributed by atoms with van der Waals surface area (Å²) < 4.78 is 39.6. The van der Waals surface area contributed by atoms with E-state index in [9.17, 15) is 13.2 Å². The summed E-state index contributed by atoms with van der Waals surface area (Å²) in [5.74, 6) is 0.431. The number of halogens is 1. The third kappa shape index (κ3) is 7.65. The van der Waals surface area contributed by atoms with Crippen LogP contribution in [0.15, 0.2) is 101 Å². The van der Waals surface area contributed by atoms with Gasteiger partial charge in [-0.2, -0.15) is 5.10 Å². The van der Waals surface area contributed by atoms with Gasteiger partial charge in [0.25, 0.3) is 15.9 Å². The maximum atomic E-state index is 13.6. The molecule has 1 amide bonds. The topological polar surface area (TPSA) is 97.3 Å². The number of anilines is 1. The molecule has 0 heterocycles. The zero-order valence-electron chi connectivity index (χ0n) is 22.9. The zero-order valence-corrected chi connectivity index (χ0v) is 24.4. The molecule has 0 atom stereocenters. The Hall–Kier alpha value is -4.34. The number of nitrogens with one attached hydrogen (secondary N) is 1. The minimum Gasteiger partial charge on any atom is -0.493 e. The summed E-state index contributed by atoms with van der Waals surface area (Å²) in [6, 6.07) is 26.3. The number of nitrogens with zero attached hydrogens (tertiary/aromatic N) is 2. The highest BCUT2D eigenvalue weighted by atomic mass is 35.5. The van der Waals surface area contributed by atoms with E-state index in [0.717, 1.165) is 15.4 Å². The molecule has 212 valence electrons. The number of ether oxygens (including phenoxy) is 2. The number of amides is 1. The molecule has 0 radical (unpaired) electrons. The molecule has 0 unspecified atom stereocenters. The molecule has 4 rings (SSSR count). The average molecular weight is 592 g/mol. The first-order valence-corrected chi connectivity index (χ1v) is 14.5. The molecule has 0 aliphatic rings. The van der Waals surface area contributed by atoms with E-state index in [1.807, 2.05) is 37.3 Å². The average Bonchev–Trinajstić information content (AvgIpc) is 2.97. The van der Waals surface area contributed by atoms with Crippen molar-refractivity contribution in [2.75, 3.05) is 18.0 Å². The molecule has 0 fully saturated rings. The van der Waals surface area contributed by atoms with Crippen LogP contribution in [-0.4, -0.2) is 34.2 Å². The van der Waals surface area contributed by atoms with Crippen LogP contribution in [0.25, 0.3) is 0 Å². The maximum Gasteiger partial charge on any atom is 0.264 e. The summed E-state index contributed by atoms with van der Waals surface area (Å²) in [4.78, 5) is 13.0. The van der Waals surface area contributed by atoms with Crippen molar-refractivity contribution in [3.05, 3.63) is 118 Å². The number of carbonyl (C=O) groups excluding carboxylic acids is 1. The standard InChI is InChI=1S/C31H30ClN3O5S/c1-22-9-14-27(15-10-22)41(37,38)35(28-18-26(32)13-11-23(28)2)20-31(36)34-33-19-25-12-16-29(30(17-25)39-3)40-21-24-7-5-4-6-8-24/h4-19H,20-21H2,1-3H3,(H,34,36)/b33-19-. The highest BCUT2D eigenvalue weighted by Crippen LogP contribution is 2.30. The van der Waals surface area contributed by atoms with E-state index in [1.54, 1.807) is 49.4 Å². The molecule has 10 heteroatoms. The van der Waals surface area contributed by atoms with Gasteiger partial charge in [0.2, 0.25) is 0 Å². The van der Waals surface area contributed by atoms with E-state index in [1.165, 1.54) is 31.5 Å². The number of benzene rings is 4. The van der Waals surface area contributed by atoms with Crippen LogP contribution in [0.3, 0.4) is 0 Å². The fourth-order valence-corrected chi connectivity index (χ4v) is 5.60. The molecule has 0 aliphatic heterocycles. The molecular formula is C31H30ClN3O5S. The van der Waals surface area contributed by atoms with E-state index in [0.29, 0.717) is 39.9 Å². The van der Waals surface area contributed by atoms with Crippen molar-refractivity contribution in [3.8, 4) is 11.5 Å². The predicted octanol–water partition coefficient (Wildman–Crippen LogP) is 5.89. The van der Waals surface area contributed by atoms with Gasteiger partial charge in [0.05, 0.1) is 23.9 Å². The van der Waals surface area contributed by atoms with Gasteiger partial charge in [-0.05, 0) is 73.0 Å². The van der Waals surface area contributed by atoms with Gasteiger partial charge in [-0.1, -0.05) is 65.7 Å². The molecule has 0 bridgehead atoms. The summed E-state index contributed by atoms with van der Waals surface area (Å²) in [6.45, 7) is 3.49. The van der Waals surface area contributed by atoms with Gasteiger partial charge in [0, 0.05) is 5.02 Å². The molecule has 41 heavy (non-hydrogen) atoms. The van der Waals surface area contributed by atoms with Crippen LogP contribution in [-0.2, 0) is 21.4 Å². The number of hydrogen-bond acceptors (Lipinski definition) is 6. The van der Waals surface area contributed by atoms with Crippen molar-refractivity contribution < 1.29 is 22.7 Å². The SMILES string of the molecule is COc1cc(/C=N\NC(=O)CN(c2cc(Cl)ccc2C)S(=O)(=O)c2ccc(C)cc2)ccc1OCc1ccccc1. The van der Waals surface area contributed by atoms with Crippen LogP contribution in [0.5, 0.6) is 11.5 Å². The van der Waals surface area contributed by atoms with Gasteiger partial charge < -0.3 is 9.47 Å². The van der Waals surface area contributed by atoms with E-state index in [-0.39, 0.29) is 4.90 Å². The first-order chi connectivity index (χ1) is 19.7. The Labute approximate surface area is 245 Å². The van der Waals surface area contributed by atoms with Crippen molar-refractivity contribution in [3.63, 3.8) is 0 Å². The molecule has 0 saturated heterocycles. The second kappa shape index (κ2) is 13.3. The van der Waals surface area contributed by atoms with E-state index >= 15 is 0 Å². The Kier molecular flexibility index (Phi) is 9.65. The van der Waals surface area contributed by atoms with E-state index in [4.69, 9.17) is 21.1 Å². The van der Waals surface area contributed by atoms with Gasteiger partial charge in [-0.3, -0.25) is 9.10 Å². The summed E-state index contributed by atoms with van der Waals surface area (Å²) in [5, 5.41) is 4.37. The Bertz CT molecular complexity index is 1640. The highest BCUT2D eigenvalue weighted by Gasteiger charge is 2.28. The Morgan fingerprint density at radius 2 is 1.68 bits per heavy atom. The largest absolute Gasteiger partial charge is 0.493 e. The Balaban J connectivity index is 1.49. The number of hydrazone groups is 1. The summed E-state index contributed by atoms with van der Waals surface area (Å²) in [7, 11) is -2.55. The molecule has 4 aromatic carbocycles. The lowest BCUT2D eigenvalue weighted by Gasteiger charge is -2.25. The van der Waals surface area contributed by atoms with Crippen LogP contribution < -0.4 is 19.2 Å². The van der Waals surface area contributed by atoms with Crippen LogP contribution in [0, 0.1) is 13.8 Å². The third-order valence-electron chi connectivity index (χ3n) is 6.16. The van der Waals surface area contributed by atoms with E-state index < -0.39 is 22.5 Å². The van der Waals surface area contributed by atoms with Crippen molar-refractivity contribution in [2.45, 2.75) is 25.3 Å². The quantitative estimate of drug-likeness (QED) is 0.173. The van der Waals surface area contributed by atoms with Crippen LogP contribution in [0.2, 0.25) is 5.02 Å². The van der Waals surface area contributed by atoms with Crippen molar-refractivity contribution >= 4 is 39.4 Å². The smallest absolute Gasteiger partial charge is 0.264 e. The summed E-state index contributed by atoms with van der Waals surface area (Å²) in [6.07, 6.45) is 1.44. The normalized spacial score (nSPS) is 11.3. The van der Waals surface area contributed by atoms with Gasteiger partial charge in [0.1, 0.15) is 13.2 Å². The number of sulfonamides is 1. The molecular weight excluding hydrogens is 562 g/mol. The van der Waals surface area contributed by atoms with Gasteiger partial charge >= 0.3 is 0 Å². The summed E-state index contributed by atoms with van der Waals surface area (Å²) in [5.41, 5.74) is 5.93. The number of methoxy groups -OCH3 is 1. The van der Waals surface area contributed by atoms with Crippen LogP contribution in [0.4, 0.5) is 5.69 Å². The van der Waals surface area contributed by atoms with Crippen molar-refractivity contribution in [2.24, 2.45) is 5.10 Å². The van der Waals surface area contributed by atoms with Gasteiger partial charge in [0.15, 0.2) is 11.5 Å². The van der Waals surface area contributed by atoms with Gasteiger partial charge in [-0.25, -0.2) is 13.8 Å². The number of carbonyl (C=O) groups is 1. The predicted molar refractivity (Wildman–Crippen MR) is 161 cm³/mol. The lowest BCUT2D eigenvalue weighted by Crippen LogP contribution is -2.40. The summed E-state index contributed by atoms with van der Waals surface area (Å²) >= 11 is 6.19. The first kappa shape index (κ1) is 29.6. The minimum absolute atomic E-state index is 0.0560. The second-order valence-electron chi connectivity index (χ2n) is 9.23. The highest BCUT2D eigenvalue weighted by molar-refractivity contribution is 7.92. The minimum atomic E-state index is -4.09. The molecule has 0 aromatic heterocycles. The monoisotopic (exact) mass is 591 g/mol. The molecule has 8 nitrogen and oxygen atoms in total. The molecule has 1 N–H and O–H groups in total. The lowest BCUT2D eigenvalue weighted by molar-refractivity contribution is -0.119. The fourth-order valence-electron chi connectivity index (χ4n) is 3.95. The second-order valence-corrected chi connectivity index (χ2v) is 11.5. The Morgan fingerprint density at radius 1 is 0.951 bits per heavy atom. The van der Waals surface area contributed by atoms with Crippen LogP contribution in [0.1, 0.15) is 22.3 Å². The number of aryl methyl sites for hydroxylation is 2. The molecule has 0 aliphatic carbocycles.